The summed E-state index contributed by atoms with van der Waals surface area (Å²) in [7, 11) is 0. The van der Waals surface area contributed by atoms with Gasteiger partial charge in [0, 0.05) is 17.5 Å². The van der Waals surface area contributed by atoms with Crippen LogP contribution < -0.4 is 10.9 Å². The number of furan rings is 1. The van der Waals surface area contributed by atoms with E-state index in [1.54, 1.807) is 12.1 Å². The van der Waals surface area contributed by atoms with Crippen molar-refractivity contribution < 1.29 is 14.3 Å². The van der Waals surface area contributed by atoms with Crippen LogP contribution in [-0.4, -0.2) is 11.0 Å². The molecule has 3 N–H and O–H groups in total. The normalized spacial score (nSPS) is 10.8. The summed E-state index contributed by atoms with van der Waals surface area (Å²) < 4.78 is 5.47. The summed E-state index contributed by atoms with van der Waals surface area (Å²) >= 11 is 0. The fourth-order valence-corrected chi connectivity index (χ4v) is 2.23. The number of hydrogen-bond acceptors (Lipinski definition) is 4. The van der Waals surface area contributed by atoms with Gasteiger partial charge in [-0.2, -0.15) is 0 Å². The maximum atomic E-state index is 12.0. The number of para-hydroxylation sites is 1. The van der Waals surface area contributed by atoms with Gasteiger partial charge in [0.2, 0.25) is 0 Å². The predicted octanol–water partition coefficient (Wildman–Crippen LogP) is 2.88. The Morgan fingerprint density at radius 3 is 2.82 bits per heavy atom. The number of phenolic OH excluding ortho intramolecular Hbond substituents is 1. The van der Waals surface area contributed by atoms with Gasteiger partial charge < -0.3 is 9.52 Å². The third kappa shape index (κ3) is 2.94. The van der Waals surface area contributed by atoms with E-state index < -0.39 is 0 Å². The van der Waals surface area contributed by atoms with E-state index in [4.69, 9.17) is 4.42 Å². The lowest BCUT2D eigenvalue weighted by molar-refractivity contribution is 0.0906. The number of nitrogens with one attached hydrogen (secondary N) is 2. The standard InChI is InChI=1S/C17H16N2O3/c1-11-6-7-14(20)13(8-11)10-18-19-17(21)16-9-12-4-2-3-5-15(12)22-16/h2-9,18,20H,10H2,1H3,(H,19,21). The number of fused-ring (bicyclic) bond motifs is 1. The Labute approximate surface area is 127 Å². The van der Waals surface area contributed by atoms with Crippen molar-refractivity contribution in [2.75, 3.05) is 0 Å². The minimum absolute atomic E-state index is 0.191. The molecule has 0 aliphatic rings. The largest absolute Gasteiger partial charge is 0.508 e. The minimum atomic E-state index is -0.358. The Kier molecular flexibility index (Phi) is 3.80. The zero-order chi connectivity index (χ0) is 15.5. The number of rotatable bonds is 4. The van der Waals surface area contributed by atoms with Gasteiger partial charge in [0.15, 0.2) is 5.76 Å². The Morgan fingerprint density at radius 1 is 1.18 bits per heavy atom. The molecule has 0 spiro atoms. The Bertz CT molecular complexity index is 791. The number of aryl methyl sites for hydroxylation is 1. The highest BCUT2D eigenvalue weighted by Gasteiger charge is 2.11. The van der Waals surface area contributed by atoms with Crippen molar-refractivity contribution in [3.63, 3.8) is 0 Å². The second-order valence-corrected chi connectivity index (χ2v) is 5.09. The first-order valence-electron chi connectivity index (χ1n) is 6.94. The molecule has 0 radical (unpaired) electrons. The maximum Gasteiger partial charge on any atom is 0.301 e. The quantitative estimate of drug-likeness (QED) is 0.647. The number of amides is 1. The molecule has 0 saturated heterocycles. The van der Waals surface area contributed by atoms with Crippen LogP contribution in [0.2, 0.25) is 0 Å². The SMILES string of the molecule is Cc1ccc(O)c(CNNC(=O)c2cc3ccccc3o2)c1. The predicted molar refractivity (Wildman–Crippen MR) is 83.4 cm³/mol. The number of hydrazine groups is 1. The van der Waals surface area contributed by atoms with Crippen LogP contribution in [0.4, 0.5) is 0 Å². The fourth-order valence-electron chi connectivity index (χ4n) is 2.23. The fraction of sp³-hybridized carbons (Fsp3) is 0.118. The minimum Gasteiger partial charge on any atom is -0.508 e. The molecule has 2 aromatic carbocycles. The second kappa shape index (κ2) is 5.91. The summed E-state index contributed by atoms with van der Waals surface area (Å²) in [4.78, 5) is 12.0. The molecule has 1 amide bonds. The van der Waals surface area contributed by atoms with E-state index in [1.807, 2.05) is 43.3 Å². The van der Waals surface area contributed by atoms with Crippen LogP contribution in [0.15, 0.2) is 52.9 Å². The summed E-state index contributed by atoms with van der Waals surface area (Å²) in [5, 5.41) is 10.6. The number of phenols is 1. The van der Waals surface area contributed by atoms with Gasteiger partial charge in [-0.3, -0.25) is 10.2 Å². The molecule has 0 saturated carbocycles. The number of aromatic hydroxyl groups is 1. The highest BCUT2D eigenvalue weighted by molar-refractivity contribution is 5.95. The monoisotopic (exact) mass is 296 g/mol. The molecule has 3 rings (SSSR count). The third-order valence-electron chi connectivity index (χ3n) is 3.37. The van der Waals surface area contributed by atoms with E-state index in [-0.39, 0.29) is 17.4 Å². The van der Waals surface area contributed by atoms with Gasteiger partial charge >= 0.3 is 5.91 Å². The van der Waals surface area contributed by atoms with Crippen LogP contribution in [-0.2, 0) is 6.54 Å². The van der Waals surface area contributed by atoms with Gasteiger partial charge in [-0.05, 0) is 25.1 Å². The Balaban J connectivity index is 1.63. The maximum absolute atomic E-state index is 12.0. The molecule has 0 aliphatic carbocycles. The van der Waals surface area contributed by atoms with E-state index >= 15 is 0 Å². The highest BCUT2D eigenvalue weighted by atomic mass is 16.3. The van der Waals surface area contributed by atoms with Crippen LogP contribution in [0.1, 0.15) is 21.7 Å². The van der Waals surface area contributed by atoms with Crippen molar-refractivity contribution in [1.82, 2.24) is 10.9 Å². The Hall–Kier alpha value is -2.79. The summed E-state index contributed by atoms with van der Waals surface area (Å²) in [6.45, 7) is 2.26. The van der Waals surface area contributed by atoms with E-state index in [0.29, 0.717) is 17.7 Å². The van der Waals surface area contributed by atoms with Crippen molar-refractivity contribution in [2.24, 2.45) is 0 Å². The molecule has 0 unspecified atom stereocenters. The molecule has 0 aliphatic heterocycles. The number of benzene rings is 2. The lowest BCUT2D eigenvalue weighted by Crippen LogP contribution is -2.36. The number of carbonyl (C=O) groups excluding carboxylic acids is 1. The molecule has 0 fully saturated rings. The van der Waals surface area contributed by atoms with Crippen molar-refractivity contribution in [3.05, 3.63) is 65.4 Å². The van der Waals surface area contributed by atoms with E-state index in [2.05, 4.69) is 10.9 Å². The van der Waals surface area contributed by atoms with E-state index in [0.717, 1.165) is 10.9 Å². The van der Waals surface area contributed by atoms with Crippen LogP contribution in [0.5, 0.6) is 5.75 Å². The van der Waals surface area contributed by atoms with Crippen molar-refractivity contribution in [3.8, 4) is 5.75 Å². The van der Waals surface area contributed by atoms with Crippen molar-refractivity contribution in [1.29, 1.82) is 0 Å². The molecule has 0 atom stereocenters. The average Bonchev–Trinajstić information content (AvgIpc) is 2.94. The molecule has 5 heteroatoms. The molecular formula is C17H16N2O3. The van der Waals surface area contributed by atoms with Crippen LogP contribution >= 0.6 is 0 Å². The van der Waals surface area contributed by atoms with Crippen LogP contribution in [0.3, 0.4) is 0 Å². The third-order valence-corrected chi connectivity index (χ3v) is 3.37. The number of carbonyl (C=O) groups is 1. The van der Waals surface area contributed by atoms with Gasteiger partial charge in [-0.15, -0.1) is 0 Å². The van der Waals surface area contributed by atoms with Crippen molar-refractivity contribution >= 4 is 16.9 Å². The molecule has 5 nitrogen and oxygen atoms in total. The van der Waals surface area contributed by atoms with E-state index in [9.17, 15) is 9.90 Å². The highest BCUT2D eigenvalue weighted by Crippen LogP contribution is 2.19. The first kappa shape index (κ1) is 14.2. The average molecular weight is 296 g/mol. The van der Waals surface area contributed by atoms with Gasteiger partial charge in [0.25, 0.3) is 0 Å². The summed E-state index contributed by atoms with van der Waals surface area (Å²) in [5.41, 5.74) is 7.78. The first-order valence-corrected chi connectivity index (χ1v) is 6.94. The Morgan fingerprint density at radius 2 is 2.00 bits per heavy atom. The molecule has 22 heavy (non-hydrogen) atoms. The van der Waals surface area contributed by atoms with Gasteiger partial charge in [0.1, 0.15) is 11.3 Å². The zero-order valence-electron chi connectivity index (χ0n) is 12.1. The molecule has 1 aromatic heterocycles. The molecular weight excluding hydrogens is 280 g/mol. The lowest BCUT2D eigenvalue weighted by Gasteiger charge is -2.08. The summed E-state index contributed by atoms with van der Waals surface area (Å²) in [5.74, 6) is 0.0709. The molecule has 112 valence electrons. The molecule has 3 aromatic rings. The van der Waals surface area contributed by atoms with Crippen LogP contribution in [0.25, 0.3) is 11.0 Å². The number of hydrogen-bond donors (Lipinski definition) is 3. The second-order valence-electron chi connectivity index (χ2n) is 5.09. The summed E-state index contributed by atoms with van der Waals surface area (Å²) in [6, 6.07) is 14.4. The molecule has 0 bridgehead atoms. The molecule has 1 heterocycles. The summed E-state index contributed by atoms with van der Waals surface area (Å²) in [6.07, 6.45) is 0. The van der Waals surface area contributed by atoms with Gasteiger partial charge in [-0.25, -0.2) is 5.43 Å². The van der Waals surface area contributed by atoms with Gasteiger partial charge in [0.05, 0.1) is 0 Å². The van der Waals surface area contributed by atoms with E-state index in [1.165, 1.54) is 0 Å². The van der Waals surface area contributed by atoms with Gasteiger partial charge in [-0.1, -0.05) is 35.9 Å². The topological polar surface area (TPSA) is 74.5 Å². The van der Waals surface area contributed by atoms with Crippen LogP contribution in [0, 0.1) is 6.92 Å². The first-order chi connectivity index (χ1) is 10.6. The lowest BCUT2D eigenvalue weighted by atomic mass is 10.1. The van der Waals surface area contributed by atoms with Crippen molar-refractivity contribution in [2.45, 2.75) is 13.5 Å². The zero-order valence-corrected chi connectivity index (χ0v) is 12.1. The smallest absolute Gasteiger partial charge is 0.301 e.